The van der Waals surface area contributed by atoms with Crippen molar-refractivity contribution in [3.63, 3.8) is 0 Å². The zero-order chi connectivity index (χ0) is 21.5. The Labute approximate surface area is 189 Å². The maximum absolute atomic E-state index is 14.1. The Hall–Kier alpha value is -1.70. The average Bonchev–Trinajstić information content (AvgIpc) is 2.74. The maximum atomic E-state index is 14.1. The van der Waals surface area contributed by atoms with Crippen molar-refractivity contribution in [2.24, 2.45) is 0 Å². The fraction of sp³-hybridized carbons (Fsp3) is 0.348. The number of para-hydroxylation sites is 1. The summed E-state index contributed by atoms with van der Waals surface area (Å²) in [5.41, 5.74) is 2.85. The molecule has 1 aliphatic rings. The van der Waals surface area contributed by atoms with E-state index in [9.17, 15) is 8.42 Å². The Morgan fingerprint density at radius 2 is 1.87 bits per heavy atom. The monoisotopic (exact) mass is 502 g/mol. The summed E-state index contributed by atoms with van der Waals surface area (Å²) in [5, 5.41) is 0.838. The largest absolute Gasteiger partial charge is 0.266 e. The fourth-order valence-electron chi connectivity index (χ4n) is 4.94. The minimum Gasteiger partial charge on any atom is -0.263 e. The van der Waals surface area contributed by atoms with E-state index in [1.54, 1.807) is 22.6 Å². The summed E-state index contributed by atoms with van der Waals surface area (Å²) in [4.78, 5) is 4.70. The zero-order valence-corrected chi connectivity index (χ0v) is 21.1. The van der Waals surface area contributed by atoms with Crippen LogP contribution in [0.15, 0.2) is 64.1 Å². The quantitative estimate of drug-likeness (QED) is 0.415. The van der Waals surface area contributed by atoms with E-state index in [1.807, 2.05) is 30.3 Å². The number of hydrogen-bond acceptors (Lipinski definition) is 3. The molecule has 4 rings (SSSR count). The van der Waals surface area contributed by atoms with Crippen molar-refractivity contribution < 1.29 is 8.42 Å². The Morgan fingerprint density at radius 1 is 1.13 bits per heavy atom. The van der Waals surface area contributed by atoms with Crippen LogP contribution in [0.5, 0.6) is 0 Å². The molecule has 0 radical (unpaired) electrons. The van der Waals surface area contributed by atoms with Gasteiger partial charge in [-0.2, -0.15) is 0 Å². The van der Waals surface area contributed by atoms with Crippen LogP contribution in [-0.4, -0.2) is 28.2 Å². The zero-order valence-electron chi connectivity index (χ0n) is 17.5. The molecule has 30 heavy (non-hydrogen) atoms. The van der Waals surface area contributed by atoms with Crippen molar-refractivity contribution >= 4 is 51.3 Å². The molecule has 2 atom stereocenters. The summed E-state index contributed by atoms with van der Waals surface area (Å²) < 4.78 is 30.9. The Bertz CT molecular complexity index is 1180. The van der Waals surface area contributed by atoms with Crippen LogP contribution in [0.2, 0.25) is 17.6 Å². The van der Waals surface area contributed by atoms with Crippen molar-refractivity contribution in [1.29, 1.82) is 0 Å². The molecule has 4 nitrogen and oxygen atoms in total. The van der Waals surface area contributed by atoms with Crippen LogP contribution in [0, 0.1) is 0 Å². The summed E-state index contributed by atoms with van der Waals surface area (Å²) in [5.74, 6) is 0. The highest BCUT2D eigenvalue weighted by molar-refractivity contribution is 9.10. The van der Waals surface area contributed by atoms with Crippen LogP contribution in [0.1, 0.15) is 26.3 Å². The molecule has 0 saturated carbocycles. The number of sulfonamides is 1. The van der Waals surface area contributed by atoms with Gasteiger partial charge >= 0.3 is 0 Å². The number of aromatic nitrogens is 1. The number of pyridine rings is 1. The van der Waals surface area contributed by atoms with E-state index >= 15 is 0 Å². The number of rotatable bonds is 5. The number of halogens is 1. The molecule has 0 amide bonds. The first-order valence-electron chi connectivity index (χ1n) is 10.5. The molecular formula is C23H27BrN2O2SSi. The predicted molar refractivity (Wildman–Crippen MR) is 131 cm³/mol. The van der Waals surface area contributed by atoms with Crippen molar-refractivity contribution in [3.05, 3.63) is 64.8 Å². The second-order valence-electron chi connectivity index (χ2n) is 8.09. The molecule has 7 heteroatoms. The third-order valence-corrected chi connectivity index (χ3v) is 13.0. The van der Waals surface area contributed by atoms with Gasteiger partial charge in [-0.15, -0.1) is 0 Å². The highest BCUT2D eigenvalue weighted by atomic mass is 79.9. The summed E-state index contributed by atoms with van der Waals surface area (Å²) in [6.45, 7) is 6.62. The van der Waals surface area contributed by atoms with Crippen molar-refractivity contribution in [3.8, 4) is 0 Å². The third-order valence-electron chi connectivity index (χ3n) is 6.51. The fourth-order valence-corrected chi connectivity index (χ4v) is 10.7. The predicted octanol–water partition coefficient (Wildman–Crippen LogP) is 5.77. The molecule has 1 aromatic heterocycles. The lowest BCUT2D eigenvalue weighted by Crippen LogP contribution is -2.48. The molecule has 0 unspecified atom stereocenters. The lowest BCUT2D eigenvalue weighted by molar-refractivity contribution is 0.559. The van der Waals surface area contributed by atoms with E-state index in [1.165, 1.54) is 12.1 Å². The molecule has 3 aromatic rings. The standard InChI is InChI=1S/C23H27BrN2O2SSi/c1-4-30(5-2)22-15-18-14-19(24)11-12-20(18)26(16(22)3)29(27,28)21-10-6-8-17-9-7-13-25-23(17)21/h6-14,16,22,30H,4-5,15H2,1-3H3/t16-,22-/m1/s1. The van der Waals surface area contributed by atoms with E-state index in [0.717, 1.165) is 27.5 Å². The van der Waals surface area contributed by atoms with Gasteiger partial charge in [0, 0.05) is 30.9 Å². The van der Waals surface area contributed by atoms with Crippen LogP contribution in [0.25, 0.3) is 10.9 Å². The van der Waals surface area contributed by atoms with E-state index in [2.05, 4.69) is 47.8 Å². The van der Waals surface area contributed by atoms with Gasteiger partial charge in [-0.05, 0) is 54.8 Å². The summed E-state index contributed by atoms with van der Waals surface area (Å²) >= 11 is 3.58. The maximum Gasteiger partial charge on any atom is 0.266 e. The first-order valence-corrected chi connectivity index (χ1v) is 15.1. The van der Waals surface area contributed by atoms with Crippen molar-refractivity contribution in [2.45, 2.75) is 55.8 Å². The second kappa shape index (κ2) is 8.44. The van der Waals surface area contributed by atoms with Crippen LogP contribution in [-0.2, 0) is 16.4 Å². The molecule has 0 N–H and O–H groups in total. The van der Waals surface area contributed by atoms with Gasteiger partial charge in [-0.25, -0.2) is 8.42 Å². The molecule has 1 aliphatic heterocycles. The smallest absolute Gasteiger partial charge is 0.263 e. The minimum atomic E-state index is -3.77. The Balaban J connectivity index is 1.93. The number of benzene rings is 2. The molecule has 2 aromatic carbocycles. The van der Waals surface area contributed by atoms with Gasteiger partial charge in [0.05, 0.1) is 11.2 Å². The molecule has 158 valence electrons. The van der Waals surface area contributed by atoms with Crippen LogP contribution >= 0.6 is 15.9 Å². The van der Waals surface area contributed by atoms with Crippen LogP contribution < -0.4 is 4.31 Å². The second-order valence-corrected chi connectivity index (χ2v) is 14.8. The van der Waals surface area contributed by atoms with Gasteiger partial charge in [-0.1, -0.05) is 60.1 Å². The summed E-state index contributed by atoms with van der Waals surface area (Å²) in [7, 11) is -4.87. The molecule has 2 heterocycles. The van der Waals surface area contributed by atoms with E-state index in [4.69, 9.17) is 0 Å². The molecule has 0 spiro atoms. The summed E-state index contributed by atoms with van der Waals surface area (Å²) in [6.07, 6.45) is 2.61. The number of fused-ring (bicyclic) bond motifs is 2. The van der Waals surface area contributed by atoms with Gasteiger partial charge < -0.3 is 0 Å². The van der Waals surface area contributed by atoms with E-state index < -0.39 is 18.8 Å². The Morgan fingerprint density at radius 3 is 2.60 bits per heavy atom. The van der Waals surface area contributed by atoms with Gasteiger partial charge in [0.25, 0.3) is 10.0 Å². The van der Waals surface area contributed by atoms with Gasteiger partial charge in [0.2, 0.25) is 0 Å². The molecule has 0 fully saturated rings. The third kappa shape index (κ3) is 3.61. The number of nitrogens with zero attached hydrogens (tertiary/aromatic N) is 2. The van der Waals surface area contributed by atoms with Gasteiger partial charge in [0.1, 0.15) is 4.90 Å². The normalized spacial score (nSPS) is 19.3. The van der Waals surface area contributed by atoms with Crippen molar-refractivity contribution in [1.82, 2.24) is 4.98 Å². The molecule has 0 bridgehead atoms. The molecule has 0 saturated heterocycles. The minimum absolute atomic E-state index is 0.0702. The van der Waals surface area contributed by atoms with Crippen LogP contribution in [0.3, 0.4) is 0 Å². The molecule has 0 aliphatic carbocycles. The van der Waals surface area contributed by atoms with Crippen molar-refractivity contribution in [2.75, 3.05) is 4.31 Å². The first-order chi connectivity index (χ1) is 14.4. The van der Waals surface area contributed by atoms with E-state index in [0.29, 0.717) is 11.1 Å². The number of anilines is 1. The van der Waals surface area contributed by atoms with Crippen LogP contribution in [0.4, 0.5) is 5.69 Å². The lowest BCUT2D eigenvalue weighted by Gasteiger charge is -2.43. The van der Waals surface area contributed by atoms with Gasteiger partial charge in [0.15, 0.2) is 0 Å². The first kappa shape index (κ1) is 21.5. The SMILES string of the molecule is CC[SiH](CC)[C@@H]1Cc2cc(Br)ccc2N(S(=O)(=O)c2cccc3cccnc23)[C@@H]1C. The number of hydrogen-bond donors (Lipinski definition) is 0. The topological polar surface area (TPSA) is 50.3 Å². The summed E-state index contributed by atoms with van der Waals surface area (Å²) in [6, 6.07) is 17.4. The van der Waals surface area contributed by atoms with Gasteiger partial charge in [-0.3, -0.25) is 9.29 Å². The highest BCUT2D eigenvalue weighted by Gasteiger charge is 2.42. The van der Waals surface area contributed by atoms with E-state index in [-0.39, 0.29) is 10.9 Å². The highest BCUT2D eigenvalue weighted by Crippen LogP contribution is 2.44. The molecular weight excluding hydrogens is 476 g/mol. The average molecular weight is 504 g/mol. The Kier molecular flexibility index (Phi) is 6.05. The lowest BCUT2D eigenvalue weighted by atomic mass is 9.98.